The van der Waals surface area contributed by atoms with Crippen LogP contribution in [0.15, 0.2) is 36.4 Å². The van der Waals surface area contributed by atoms with Crippen molar-refractivity contribution in [3.63, 3.8) is 0 Å². The van der Waals surface area contributed by atoms with Gasteiger partial charge in [-0.15, -0.1) is 0 Å². The Bertz CT molecular complexity index is 2080. The number of carbonyl (C=O) groups excluding carboxylic acids is 4. The van der Waals surface area contributed by atoms with Crippen LogP contribution in [0.2, 0.25) is 0 Å². The standard InChI is InChI=1S/C36H26O16/c1-41-21-5-15(7-23-33(21)49-11-45-23)25(37)27(39)19-9-17(31-35(29(19)43-3)51-13-47-31)18-10-20(30(44-4)36-32(18)48-14-52-36)28(40)26(38)16-6-22(42-2)34-24(8-16)46-12-50-34/h5-10H,11-14H2,1-4H3. The number of fused-ring (bicyclic) bond motifs is 4. The first-order valence-corrected chi connectivity index (χ1v) is 15.4. The summed E-state index contributed by atoms with van der Waals surface area (Å²) in [5.74, 6) is -2.29. The fourth-order valence-corrected chi connectivity index (χ4v) is 6.26. The Morgan fingerprint density at radius 2 is 0.788 bits per heavy atom. The molecule has 0 saturated carbocycles. The zero-order valence-corrected chi connectivity index (χ0v) is 27.8. The minimum atomic E-state index is -0.983. The SMILES string of the molecule is COc1cc(C(=O)C(=O)c2cc(-c3cc(C(=O)C(=O)c4cc(OC)c5c(c4)OCO5)c(OC)c4c3OCO4)c3c(c2OC)OCO3)cc2c1OCO2. The van der Waals surface area contributed by atoms with Crippen LogP contribution in [0.4, 0.5) is 0 Å². The first-order chi connectivity index (χ1) is 25.3. The smallest absolute Gasteiger partial charge is 0.237 e. The molecule has 4 aromatic rings. The van der Waals surface area contributed by atoms with Gasteiger partial charge in [-0.25, -0.2) is 0 Å². The van der Waals surface area contributed by atoms with E-state index in [9.17, 15) is 19.2 Å². The topological polar surface area (TPSA) is 179 Å². The molecule has 0 spiro atoms. The summed E-state index contributed by atoms with van der Waals surface area (Å²) < 4.78 is 66.7. The first kappa shape index (κ1) is 32.4. The Morgan fingerprint density at radius 1 is 0.423 bits per heavy atom. The molecule has 16 nitrogen and oxygen atoms in total. The molecule has 4 aromatic carbocycles. The van der Waals surface area contributed by atoms with Gasteiger partial charge in [0, 0.05) is 22.3 Å². The van der Waals surface area contributed by atoms with Gasteiger partial charge < -0.3 is 56.8 Å². The highest BCUT2D eigenvalue weighted by Crippen LogP contribution is 2.56. The molecular formula is C36H26O16. The lowest BCUT2D eigenvalue weighted by Crippen LogP contribution is -2.17. The van der Waals surface area contributed by atoms with E-state index in [1.807, 2.05) is 0 Å². The van der Waals surface area contributed by atoms with Gasteiger partial charge in [0.15, 0.2) is 46.0 Å². The van der Waals surface area contributed by atoms with E-state index in [-0.39, 0.29) is 118 Å². The lowest BCUT2D eigenvalue weighted by atomic mass is 9.91. The zero-order chi connectivity index (χ0) is 36.3. The Labute approximate surface area is 293 Å². The van der Waals surface area contributed by atoms with Gasteiger partial charge in [-0.3, -0.25) is 19.2 Å². The molecule has 0 fully saturated rings. The van der Waals surface area contributed by atoms with Crippen LogP contribution in [0, 0.1) is 0 Å². The molecule has 0 unspecified atom stereocenters. The molecule has 0 aliphatic carbocycles. The number of benzene rings is 4. The van der Waals surface area contributed by atoms with Gasteiger partial charge in [-0.05, 0) is 36.4 Å². The monoisotopic (exact) mass is 714 g/mol. The van der Waals surface area contributed by atoms with E-state index < -0.39 is 23.1 Å². The molecular weight excluding hydrogens is 688 g/mol. The van der Waals surface area contributed by atoms with Gasteiger partial charge in [0.25, 0.3) is 0 Å². The summed E-state index contributed by atoms with van der Waals surface area (Å²) in [4.78, 5) is 55.6. The predicted octanol–water partition coefficient (Wildman–Crippen LogP) is 4.43. The van der Waals surface area contributed by atoms with Crippen LogP contribution in [0.3, 0.4) is 0 Å². The zero-order valence-electron chi connectivity index (χ0n) is 27.8. The van der Waals surface area contributed by atoms with E-state index in [2.05, 4.69) is 0 Å². The summed E-state index contributed by atoms with van der Waals surface area (Å²) in [5, 5.41) is 0. The molecule has 4 heterocycles. The molecule has 0 radical (unpaired) electrons. The van der Waals surface area contributed by atoms with Crippen molar-refractivity contribution in [2.45, 2.75) is 0 Å². The number of carbonyl (C=O) groups is 4. The number of Topliss-reactive ketones (excluding diaryl/α,β-unsaturated/α-hetero) is 4. The fraction of sp³-hybridized carbons (Fsp3) is 0.222. The molecule has 0 atom stereocenters. The van der Waals surface area contributed by atoms with Crippen LogP contribution in [0.5, 0.6) is 69.0 Å². The fourth-order valence-electron chi connectivity index (χ4n) is 6.26. The van der Waals surface area contributed by atoms with Crippen molar-refractivity contribution in [3.05, 3.63) is 58.7 Å². The number of methoxy groups -OCH3 is 4. The van der Waals surface area contributed by atoms with E-state index >= 15 is 0 Å². The third kappa shape index (κ3) is 4.90. The molecule has 0 saturated heterocycles. The maximum absolute atomic E-state index is 14.1. The minimum Gasteiger partial charge on any atom is -0.493 e. The number of ether oxygens (including phenoxy) is 12. The highest BCUT2D eigenvalue weighted by molar-refractivity contribution is 6.51. The number of ketones is 4. The molecule has 266 valence electrons. The quantitative estimate of drug-likeness (QED) is 0.157. The first-order valence-electron chi connectivity index (χ1n) is 15.4. The third-order valence-corrected chi connectivity index (χ3v) is 8.64. The number of rotatable bonds is 11. The Hall–Kier alpha value is -6.84. The highest BCUT2D eigenvalue weighted by atomic mass is 16.7. The van der Waals surface area contributed by atoms with Crippen LogP contribution >= 0.6 is 0 Å². The van der Waals surface area contributed by atoms with E-state index in [1.165, 1.54) is 64.8 Å². The average Bonchev–Trinajstić information content (AvgIpc) is 4.01. The molecule has 0 N–H and O–H groups in total. The maximum atomic E-state index is 14.1. The second kappa shape index (κ2) is 12.5. The molecule has 4 aliphatic heterocycles. The Morgan fingerprint density at radius 3 is 1.17 bits per heavy atom. The van der Waals surface area contributed by atoms with E-state index in [0.717, 1.165) is 0 Å². The summed E-state index contributed by atoms with van der Waals surface area (Å²) in [7, 11) is 5.38. The van der Waals surface area contributed by atoms with Crippen LogP contribution in [-0.4, -0.2) is 78.7 Å². The van der Waals surface area contributed by atoms with Crippen molar-refractivity contribution in [3.8, 4) is 80.1 Å². The van der Waals surface area contributed by atoms with E-state index in [0.29, 0.717) is 11.5 Å². The molecule has 0 amide bonds. The lowest BCUT2D eigenvalue weighted by molar-refractivity contribution is 0.0814. The average molecular weight is 715 g/mol. The Balaban J connectivity index is 1.26. The molecule has 4 aliphatic rings. The van der Waals surface area contributed by atoms with Crippen molar-refractivity contribution >= 4 is 23.1 Å². The Kier molecular flexibility index (Phi) is 7.77. The normalized spacial score (nSPS) is 13.8. The molecule has 8 rings (SSSR count). The van der Waals surface area contributed by atoms with Gasteiger partial charge in [-0.1, -0.05) is 0 Å². The van der Waals surface area contributed by atoms with Gasteiger partial charge in [-0.2, -0.15) is 0 Å². The number of hydrogen-bond donors (Lipinski definition) is 0. The van der Waals surface area contributed by atoms with Gasteiger partial charge in [0.2, 0.25) is 73.3 Å². The van der Waals surface area contributed by atoms with Crippen LogP contribution in [0.25, 0.3) is 11.1 Å². The third-order valence-electron chi connectivity index (χ3n) is 8.64. The van der Waals surface area contributed by atoms with Gasteiger partial charge in [0.1, 0.15) is 0 Å². The second-order valence-corrected chi connectivity index (χ2v) is 11.3. The van der Waals surface area contributed by atoms with E-state index in [1.54, 1.807) is 0 Å². The highest BCUT2D eigenvalue weighted by Gasteiger charge is 2.38. The van der Waals surface area contributed by atoms with Crippen LogP contribution in [0.1, 0.15) is 41.4 Å². The van der Waals surface area contributed by atoms with Crippen molar-refractivity contribution in [2.24, 2.45) is 0 Å². The van der Waals surface area contributed by atoms with Gasteiger partial charge in [0.05, 0.1) is 39.6 Å². The van der Waals surface area contributed by atoms with E-state index in [4.69, 9.17) is 56.8 Å². The molecule has 0 bridgehead atoms. The summed E-state index contributed by atoms with van der Waals surface area (Å²) in [6.45, 7) is -0.712. The van der Waals surface area contributed by atoms with Crippen LogP contribution in [-0.2, 0) is 0 Å². The second-order valence-electron chi connectivity index (χ2n) is 11.3. The van der Waals surface area contributed by atoms with Crippen molar-refractivity contribution in [2.75, 3.05) is 55.6 Å². The largest absolute Gasteiger partial charge is 0.493 e. The van der Waals surface area contributed by atoms with Crippen LogP contribution < -0.4 is 56.8 Å². The lowest BCUT2D eigenvalue weighted by Gasteiger charge is -2.17. The molecule has 16 heteroatoms. The van der Waals surface area contributed by atoms with Gasteiger partial charge >= 0.3 is 0 Å². The maximum Gasteiger partial charge on any atom is 0.237 e. The minimum absolute atomic E-state index is 0.0132. The molecule has 52 heavy (non-hydrogen) atoms. The van der Waals surface area contributed by atoms with Crippen molar-refractivity contribution in [1.29, 1.82) is 0 Å². The summed E-state index contributed by atoms with van der Waals surface area (Å²) in [6, 6.07) is 8.16. The predicted molar refractivity (Wildman–Crippen MR) is 173 cm³/mol. The van der Waals surface area contributed by atoms with Crippen molar-refractivity contribution < 1.29 is 76.0 Å². The van der Waals surface area contributed by atoms with Crippen molar-refractivity contribution in [1.82, 2.24) is 0 Å². The molecule has 0 aromatic heterocycles. The number of hydrogen-bond acceptors (Lipinski definition) is 16. The summed E-state index contributed by atoms with van der Waals surface area (Å²) in [5.41, 5.74) is -0.180. The summed E-state index contributed by atoms with van der Waals surface area (Å²) in [6.07, 6.45) is 0. The summed E-state index contributed by atoms with van der Waals surface area (Å²) >= 11 is 0.